The van der Waals surface area contributed by atoms with E-state index in [1.54, 1.807) is 11.9 Å². The average Bonchev–Trinajstić information content (AvgIpc) is 2.71. The maximum Gasteiger partial charge on any atom is 0.416 e. The van der Waals surface area contributed by atoms with Gasteiger partial charge in [0, 0.05) is 13.1 Å². The van der Waals surface area contributed by atoms with E-state index in [0.29, 0.717) is 0 Å². The van der Waals surface area contributed by atoms with Crippen molar-refractivity contribution in [3.05, 3.63) is 29.8 Å². The van der Waals surface area contributed by atoms with E-state index in [0.717, 1.165) is 56.8 Å². The molecule has 30 heavy (non-hydrogen) atoms. The molecule has 0 atom stereocenters. The molecule has 0 saturated heterocycles. The van der Waals surface area contributed by atoms with Crippen LogP contribution in [0.2, 0.25) is 0 Å². The highest BCUT2D eigenvalue weighted by molar-refractivity contribution is 5.70. The Morgan fingerprint density at radius 2 is 1.67 bits per heavy atom. The molecule has 0 unspecified atom stereocenters. The second kappa shape index (κ2) is 11.6. The molecule has 1 aromatic rings. The molecule has 7 heteroatoms. The Morgan fingerprint density at radius 3 is 2.23 bits per heavy atom. The number of carbonyl (C=O) groups excluding carboxylic acids is 1. The first kappa shape index (κ1) is 24.5. The number of alkyl halides is 3. The van der Waals surface area contributed by atoms with Crippen LogP contribution in [0.4, 0.5) is 18.0 Å². The summed E-state index contributed by atoms with van der Waals surface area (Å²) < 4.78 is 43.2. The van der Waals surface area contributed by atoms with E-state index in [9.17, 15) is 18.0 Å². The average molecular weight is 429 g/mol. The molecule has 0 heterocycles. The number of ether oxygens (including phenoxy) is 1. The standard InChI is InChI=1S/C23H35F3N2O2/c1-4-16-27(2)17-6-5-7-18-8-12-20(13-9-18)28(3)22(29)30-21-14-10-19(11-15-21)23(24,25)26/h10-11,14-15,18,20H,4-9,12-13,16-17H2,1-3H3/t18-,20-. The van der Waals surface area contributed by atoms with Crippen LogP contribution in [0, 0.1) is 5.92 Å². The predicted molar refractivity (Wildman–Crippen MR) is 113 cm³/mol. The molecule has 1 aliphatic rings. The van der Waals surface area contributed by atoms with Gasteiger partial charge in [0.1, 0.15) is 5.75 Å². The number of carbonyl (C=O) groups is 1. The van der Waals surface area contributed by atoms with E-state index in [4.69, 9.17) is 4.74 Å². The number of rotatable bonds is 9. The first-order chi connectivity index (χ1) is 14.2. The summed E-state index contributed by atoms with van der Waals surface area (Å²) in [4.78, 5) is 16.4. The first-order valence-corrected chi connectivity index (χ1v) is 11.0. The van der Waals surface area contributed by atoms with Gasteiger partial charge in [-0.25, -0.2) is 4.79 Å². The lowest BCUT2D eigenvalue weighted by atomic mass is 9.82. The molecule has 0 aromatic heterocycles. The zero-order chi connectivity index (χ0) is 22.1. The molecule has 0 spiro atoms. The number of nitrogens with zero attached hydrogens (tertiary/aromatic N) is 2. The Kier molecular flexibility index (Phi) is 9.46. The molecular formula is C23H35F3N2O2. The van der Waals surface area contributed by atoms with E-state index in [2.05, 4.69) is 18.9 Å². The van der Waals surface area contributed by atoms with Crippen molar-refractivity contribution in [3.8, 4) is 5.75 Å². The first-order valence-electron chi connectivity index (χ1n) is 11.0. The molecule has 170 valence electrons. The van der Waals surface area contributed by atoms with Gasteiger partial charge >= 0.3 is 12.3 Å². The van der Waals surface area contributed by atoms with Gasteiger partial charge in [-0.15, -0.1) is 0 Å². The Balaban J connectivity index is 1.70. The second-order valence-electron chi connectivity index (χ2n) is 8.47. The van der Waals surface area contributed by atoms with Crippen LogP contribution in [0.1, 0.15) is 63.9 Å². The summed E-state index contributed by atoms with van der Waals surface area (Å²) in [7, 11) is 3.88. The van der Waals surface area contributed by atoms with Gasteiger partial charge in [-0.2, -0.15) is 13.2 Å². The fourth-order valence-electron chi connectivity index (χ4n) is 4.16. The highest BCUT2D eigenvalue weighted by Crippen LogP contribution is 2.32. The summed E-state index contributed by atoms with van der Waals surface area (Å²) in [5.74, 6) is 0.846. The SMILES string of the molecule is CCCN(C)CCCC[C@H]1CC[C@H](N(C)C(=O)Oc2ccc(C(F)(F)F)cc2)CC1. The minimum atomic E-state index is -4.40. The molecule has 1 fully saturated rings. The third kappa shape index (κ3) is 7.82. The molecule has 4 nitrogen and oxygen atoms in total. The third-order valence-electron chi connectivity index (χ3n) is 6.05. The van der Waals surface area contributed by atoms with E-state index < -0.39 is 17.8 Å². The predicted octanol–water partition coefficient (Wildman–Crippen LogP) is 6.21. The summed E-state index contributed by atoms with van der Waals surface area (Å²) in [5, 5.41) is 0. The van der Waals surface area contributed by atoms with Crippen molar-refractivity contribution in [1.82, 2.24) is 9.80 Å². The van der Waals surface area contributed by atoms with Gasteiger partial charge in [0.2, 0.25) is 0 Å². The molecule has 2 rings (SSSR count). The van der Waals surface area contributed by atoms with Gasteiger partial charge < -0.3 is 14.5 Å². The van der Waals surface area contributed by atoms with E-state index in [1.165, 1.54) is 37.8 Å². The summed E-state index contributed by atoms with van der Waals surface area (Å²) >= 11 is 0. The smallest absolute Gasteiger partial charge is 0.410 e. The minimum Gasteiger partial charge on any atom is -0.410 e. The van der Waals surface area contributed by atoms with Crippen LogP contribution in [-0.4, -0.2) is 49.1 Å². The van der Waals surface area contributed by atoms with Crippen molar-refractivity contribution in [2.75, 3.05) is 27.2 Å². The minimum absolute atomic E-state index is 0.124. The monoisotopic (exact) mass is 428 g/mol. The highest BCUT2D eigenvalue weighted by Gasteiger charge is 2.31. The number of hydrogen-bond acceptors (Lipinski definition) is 3. The Bertz CT molecular complexity index is 641. The molecule has 1 aromatic carbocycles. The number of halogens is 3. The van der Waals surface area contributed by atoms with Crippen LogP contribution in [0.15, 0.2) is 24.3 Å². The topological polar surface area (TPSA) is 32.8 Å². The summed E-state index contributed by atoms with van der Waals surface area (Å²) in [5.41, 5.74) is -0.758. The molecule has 0 bridgehead atoms. The maximum atomic E-state index is 12.6. The number of hydrogen-bond donors (Lipinski definition) is 0. The Labute approximate surface area is 178 Å². The maximum absolute atomic E-state index is 12.6. The zero-order valence-corrected chi connectivity index (χ0v) is 18.4. The van der Waals surface area contributed by atoms with Gasteiger partial charge in [0.05, 0.1) is 5.56 Å². The molecule has 0 aliphatic heterocycles. The zero-order valence-electron chi connectivity index (χ0n) is 18.4. The molecule has 1 saturated carbocycles. The third-order valence-corrected chi connectivity index (χ3v) is 6.05. The number of benzene rings is 1. The van der Waals surface area contributed by atoms with E-state index in [-0.39, 0.29) is 11.8 Å². The number of unbranched alkanes of at least 4 members (excludes halogenated alkanes) is 1. The van der Waals surface area contributed by atoms with Crippen molar-refractivity contribution < 1.29 is 22.7 Å². The van der Waals surface area contributed by atoms with Gasteiger partial charge in [0.15, 0.2) is 0 Å². The van der Waals surface area contributed by atoms with Crippen molar-refractivity contribution in [2.45, 2.75) is 70.5 Å². The fourth-order valence-corrected chi connectivity index (χ4v) is 4.16. The molecule has 0 radical (unpaired) electrons. The normalized spacial score (nSPS) is 19.7. The summed E-state index contributed by atoms with van der Waals surface area (Å²) in [6, 6.07) is 4.34. The van der Waals surface area contributed by atoms with Crippen LogP contribution < -0.4 is 4.74 Å². The molecule has 1 aliphatic carbocycles. The Morgan fingerprint density at radius 1 is 1.03 bits per heavy atom. The largest absolute Gasteiger partial charge is 0.416 e. The van der Waals surface area contributed by atoms with Gasteiger partial charge in [-0.1, -0.05) is 19.8 Å². The lowest BCUT2D eigenvalue weighted by Gasteiger charge is -2.34. The summed E-state index contributed by atoms with van der Waals surface area (Å²) in [6.45, 7) is 4.51. The molecular weight excluding hydrogens is 393 g/mol. The van der Waals surface area contributed by atoms with Crippen LogP contribution in [-0.2, 0) is 6.18 Å². The van der Waals surface area contributed by atoms with Crippen molar-refractivity contribution in [1.29, 1.82) is 0 Å². The Hall–Kier alpha value is -1.76. The van der Waals surface area contributed by atoms with Gasteiger partial charge in [0.25, 0.3) is 0 Å². The molecule has 1 amide bonds. The quantitative estimate of drug-likeness (QED) is 0.439. The highest BCUT2D eigenvalue weighted by atomic mass is 19.4. The van der Waals surface area contributed by atoms with Crippen LogP contribution in [0.25, 0.3) is 0 Å². The van der Waals surface area contributed by atoms with Crippen LogP contribution >= 0.6 is 0 Å². The van der Waals surface area contributed by atoms with Crippen molar-refractivity contribution in [2.24, 2.45) is 5.92 Å². The van der Waals surface area contributed by atoms with Crippen molar-refractivity contribution in [3.63, 3.8) is 0 Å². The number of amides is 1. The fraction of sp³-hybridized carbons (Fsp3) is 0.696. The van der Waals surface area contributed by atoms with E-state index in [1.807, 2.05) is 0 Å². The van der Waals surface area contributed by atoms with Crippen LogP contribution in [0.3, 0.4) is 0 Å². The van der Waals surface area contributed by atoms with Crippen molar-refractivity contribution >= 4 is 6.09 Å². The summed E-state index contributed by atoms with van der Waals surface area (Å²) in [6.07, 6.45) is 4.09. The lowest BCUT2D eigenvalue weighted by Crippen LogP contribution is -2.41. The molecule has 0 N–H and O–H groups in total. The van der Waals surface area contributed by atoms with E-state index >= 15 is 0 Å². The van der Waals surface area contributed by atoms with Gasteiger partial charge in [-0.3, -0.25) is 0 Å². The lowest BCUT2D eigenvalue weighted by molar-refractivity contribution is -0.137. The second-order valence-corrected chi connectivity index (χ2v) is 8.47. The van der Waals surface area contributed by atoms with Crippen LogP contribution in [0.5, 0.6) is 5.75 Å². The van der Waals surface area contributed by atoms with Gasteiger partial charge in [-0.05, 0) is 88.8 Å².